The summed E-state index contributed by atoms with van der Waals surface area (Å²) in [6, 6.07) is 17.7. The van der Waals surface area contributed by atoms with Gasteiger partial charge in [-0.05, 0) is 23.8 Å². The van der Waals surface area contributed by atoms with Gasteiger partial charge in [-0.3, -0.25) is 9.78 Å². The molecular weight excluding hydrogens is 362 g/mol. The van der Waals surface area contributed by atoms with Gasteiger partial charge in [0.05, 0.1) is 23.6 Å². The summed E-state index contributed by atoms with van der Waals surface area (Å²) in [5.74, 6) is 0. The normalized spacial score (nSPS) is 11.2. The van der Waals surface area contributed by atoms with Crippen LogP contribution in [0.25, 0.3) is 32.8 Å². The number of rotatable bonds is 4. The molecule has 2 aromatic carbocycles. The van der Waals surface area contributed by atoms with Crippen LogP contribution in [0.15, 0.2) is 84.3 Å². The Bertz CT molecular complexity index is 1380. The lowest BCUT2D eigenvalue weighted by molar-refractivity contribution is 0.580. The van der Waals surface area contributed by atoms with Gasteiger partial charge in [-0.25, -0.2) is 14.6 Å². The van der Waals surface area contributed by atoms with Crippen molar-refractivity contribution in [2.75, 3.05) is 0 Å². The zero-order valence-electron chi connectivity index (χ0n) is 15.6. The second-order valence-electron chi connectivity index (χ2n) is 6.81. The van der Waals surface area contributed by atoms with Crippen LogP contribution in [-0.2, 0) is 13.0 Å². The van der Waals surface area contributed by atoms with Crippen LogP contribution in [0.4, 0.5) is 0 Å². The topological polar surface area (TPSA) is 73.6 Å². The van der Waals surface area contributed by atoms with Crippen LogP contribution in [0.3, 0.4) is 0 Å². The number of aromatic nitrogens is 5. The van der Waals surface area contributed by atoms with E-state index in [2.05, 4.69) is 26.1 Å². The number of fused-ring (bicyclic) bond motifs is 2. The van der Waals surface area contributed by atoms with Crippen LogP contribution in [0, 0.1) is 0 Å². The highest BCUT2D eigenvalue weighted by Gasteiger charge is 2.10. The molecule has 0 amide bonds. The fourth-order valence-electron chi connectivity index (χ4n) is 3.53. The van der Waals surface area contributed by atoms with Crippen molar-refractivity contribution >= 4 is 21.7 Å². The van der Waals surface area contributed by atoms with E-state index < -0.39 is 0 Å². The number of pyridine rings is 1. The molecule has 0 N–H and O–H groups in total. The van der Waals surface area contributed by atoms with Crippen molar-refractivity contribution < 1.29 is 0 Å². The first-order valence-electron chi connectivity index (χ1n) is 9.38. The lowest BCUT2D eigenvalue weighted by Crippen LogP contribution is -2.24. The first-order valence-corrected chi connectivity index (χ1v) is 9.38. The summed E-state index contributed by atoms with van der Waals surface area (Å²) in [5, 5.41) is 6.94. The van der Waals surface area contributed by atoms with Crippen molar-refractivity contribution in [2.24, 2.45) is 0 Å². The summed E-state index contributed by atoms with van der Waals surface area (Å²) < 4.78 is 1.50. The van der Waals surface area contributed by atoms with Crippen LogP contribution in [0.2, 0.25) is 0 Å². The number of hydrogen-bond donors (Lipinski definition) is 0. The van der Waals surface area contributed by atoms with Crippen LogP contribution in [0.1, 0.15) is 5.69 Å². The maximum absolute atomic E-state index is 13.0. The zero-order valence-corrected chi connectivity index (χ0v) is 15.6. The van der Waals surface area contributed by atoms with E-state index in [0.717, 1.165) is 33.1 Å². The van der Waals surface area contributed by atoms with Gasteiger partial charge < -0.3 is 0 Å². The predicted octanol–water partition coefficient (Wildman–Crippen LogP) is 3.64. The molecule has 0 unspecified atom stereocenters. The van der Waals surface area contributed by atoms with Gasteiger partial charge in [-0.1, -0.05) is 36.4 Å². The van der Waals surface area contributed by atoms with Crippen molar-refractivity contribution in [3.63, 3.8) is 0 Å². The summed E-state index contributed by atoms with van der Waals surface area (Å²) in [4.78, 5) is 25.8. The predicted molar refractivity (Wildman–Crippen MR) is 112 cm³/mol. The Morgan fingerprint density at radius 1 is 0.828 bits per heavy atom. The molecule has 0 bridgehead atoms. The number of benzene rings is 2. The quantitative estimate of drug-likeness (QED) is 0.477. The van der Waals surface area contributed by atoms with Crippen LogP contribution in [0.5, 0.6) is 0 Å². The molecule has 5 rings (SSSR count). The van der Waals surface area contributed by atoms with Crippen LogP contribution < -0.4 is 5.56 Å². The van der Waals surface area contributed by atoms with Gasteiger partial charge in [0.2, 0.25) is 0 Å². The lowest BCUT2D eigenvalue weighted by atomic mass is 10.0. The molecule has 0 aliphatic carbocycles. The highest BCUT2D eigenvalue weighted by Crippen LogP contribution is 2.25. The molecule has 5 aromatic rings. The summed E-state index contributed by atoms with van der Waals surface area (Å²) in [7, 11) is 0. The largest absolute Gasteiger partial charge is 0.274 e. The van der Waals surface area contributed by atoms with E-state index >= 15 is 0 Å². The van der Waals surface area contributed by atoms with Gasteiger partial charge in [-0.2, -0.15) is 5.10 Å². The molecule has 0 aliphatic rings. The average molecular weight is 379 g/mol. The maximum atomic E-state index is 13.0. The minimum atomic E-state index is -0.109. The van der Waals surface area contributed by atoms with Crippen LogP contribution >= 0.6 is 0 Å². The summed E-state index contributed by atoms with van der Waals surface area (Å²) in [5.41, 5.74) is 3.54. The fourth-order valence-corrected chi connectivity index (χ4v) is 3.53. The average Bonchev–Trinajstić information content (AvgIpc) is 2.79. The molecule has 3 heterocycles. The molecule has 0 atom stereocenters. The molecule has 0 radical (unpaired) electrons. The van der Waals surface area contributed by atoms with E-state index in [1.54, 1.807) is 18.6 Å². The zero-order chi connectivity index (χ0) is 19.6. The molecule has 0 saturated carbocycles. The van der Waals surface area contributed by atoms with Gasteiger partial charge in [-0.15, -0.1) is 0 Å². The van der Waals surface area contributed by atoms with E-state index in [1.165, 1.54) is 11.0 Å². The first-order chi connectivity index (χ1) is 14.3. The molecule has 6 nitrogen and oxygen atoms in total. The first kappa shape index (κ1) is 17.2. The summed E-state index contributed by atoms with van der Waals surface area (Å²) in [6.07, 6.45) is 7.33. The Morgan fingerprint density at radius 2 is 1.69 bits per heavy atom. The SMILES string of the molecule is O=c1c2cccc(-c3cncnc3)c2cnn1CCc1ccc2ccccc2n1. The number of nitrogens with zero attached hydrogens (tertiary/aromatic N) is 5. The molecule has 3 aromatic heterocycles. The highest BCUT2D eigenvalue weighted by atomic mass is 16.1. The third-order valence-corrected chi connectivity index (χ3v) is 5.00. The number of hydrogen-bond acceptors (Lipinski definition) is 5. The van der Waals surface area contributed by atoms with Crippen molar-refractivity contribution in [3.05, 3.63) is 95.6 Å². The van der Waals surface area contributed by atoms with E-state index in [4.69, 9.17) is 0 Å². The maximum Gasteiger partial charge on any atom is 0.274 e. The van der Waals surface area contributed by atoms with E-state index in [1.807, 2.05) is 48.5 Å². The minimum absolute atomic E-state index is 0.109. The van der Waals surface area contributed by atoms with Gasteiger partial charge in [0.1, 0.15) is 6.33 Å². The standard InChI is InChI=1S/C23H17N5O/c29-23-20-6-3-5-19(17-12-24-15-25-13-17)21(20)14-26-28(23)11-10-18-9-8-16-4-1-2-7-22(16)27-18/h1-9,12-15H,10-11H2. The second kappa shape index (κ2) is 7.24. The Balaban J connectivity index is 1.48. The van der Waals surface area contributed by atoms with Gasteiger partial charge >= 0.3 is 0 Å². The molecule has 0 aliphatic heterocycles. The molecular formula is C23H17N5O. The molecule has 6 heteroatoms. The highest BCUT2D eigenvalue weighted by molar-refractivity contribution is 5.95. The Kier molecular flexibility index (Phi) is 4.29. The van der Waals surface area contributed by atoms with Crippen molar-refractivity contribution in [1.29, 1.82) is 0 Å². The molecule has 29 heavy (non-hydrogen) atoms. The monoisotopic (exact) mass is 379 g/mol. The van der Waals surface area contributed by atoms with Crippen molar-refractivity contribution in [3.8, 4) is 11.1 Å². The van der Waals surface area contributed by atoms with Gasteiger partial charge in [0.25, 0.3) is 5.56 Å². The van der Waals surface area contributed by atoms with Gasteiger partial charge in [0.15, 0.2) is 0 Å². The molecule has 0 spiro atoms. The third-order valence-electron chi connectivity index (χ3n) is 5.00. The van der Waals surface area contributed by atoms with E-state index in [-0.39, 0.29) is 5.56 Å². The van der Waals surface area contributed by atoms with Crippen molar-refractivity contribution in [2.45, 2.75) is 13.0 Å². The lowest BCUT2D eigenvalue weighted by Gasteiger charge is -2.09. The Labute approximate surface area is 166 Å². The van der Waals surface area contributed by atoms with E-state index in [0.29, 0.717) is 18.4 Å². The summed E-state index contributed by atoms with van der Waals surface area (Å²) in [6.45, 7) is 0.471. The Hall–Kier alpha value is -3.93. The van der Waals surface area contributed by atoms with Crippen LogP contribution in [-0.4, -0.2) is 24.7 Å². The second-order valence-corrected chi connectivity index (χ2v) is 6.81. The number of para-hydroxylation sites is 1. The summed E-state index contributed by atoms with van der Waals surface area (Å²) >= 11 is 0. The van der Waals surface area contributed by atoms with Crippen molar-refractivity contribution in [1.82, 2.24) is 24.7 Å². The molecule has 0 fully saturated rings. The Morgan fingerprint density at radius 3 is 2.59 bits per heavy atom. The van der Waals surface area contributed by atoms with E-state index in [9.17, 15) is 4.79 Å². The smallest absolute Gasteiger partial charge is 0.267 e. The minimum Gasteiger partial charge on any atom is -0.267 e. The van der Waals surface area contributed by atoms with Gasteiger partial charge in [0, 0.05) is 40.8 Å². The third kappa shape index (κ3) is 3.25. The molecule has 140 valence electrons. The molecule has 0 saturated heterocycles. The number of aryl methyl sites for hydroxylation is 2. The fraction of sp³-hybridized carbons (Fsp3) is 0.0870.